The van der Waals surface area contributed by atoms with Crippen LogP contribution in [0.15, 0.2) is 61.1 Å². The molecule has 4 aromatic heterocycles. The zero-order valence-electron chi connectivity index (χ0n) is 15.7. The van der Waals surface area contributed by atoms with E-state index < -0.39 is 23.7 Å². The minimum Gasteiger partial charge on any atom is -0.324 e. The van der Waals surface area contributed by atoms with Gasteiger partial charge in [0.25, 0.3) is 0 Å². The van der Waals surface area contributed by atoms with E-state index in [1.807, 2.05) is 0 Å². The van der Waals surface area contributed by atoms with E-state index >= 15 is 0 Å². The second kappa shape index (κ2) is 7.90. The van der Waals surface area contributed by atoms with Gasteiger partial charge in [-0.15, -0.1) is 0 Å². The second-order valence-electron chi connectivity index (χ2n) is 6.33. The molecule has 0 aliphatic carbocycles. The molecule has 4 heterocycles. The summed E-state index contributed by atoms with van der Waals surface area (Å²) < 4.78 is 79.5. The van der Waals surface area contributed by atoms with Crippen molar-refractivity contribution in [2.75, 3.05) is 5.32 Å². The Bertz CT molecular complexity index is 1240. The molecule has 0 spiro atoms. The van der Waals surface area contributed by atoms with Gasteiger partial charge >= 0.3 is 12.4 Å². The monoisotopic (exact) mass is 451 g/mol. The van der Waals surface area contributed by atoms with Crippen LogP contribution in [-0.2, 0) is 12.4 Å². The van der Waals surface area contributed by atoms with Gasteiger partial charge in [-0.2, -0.15) is 41.3 Å². The van der Waals surface area contributed by atoms with Crippen LogP contribution in [0.3, 0.4) is 0 Å². The lowest BCUT2D eigenvalue weighted by atomic mass is 10.3. The Balaban J connectivity index is 1.78. The number of hydrogen-bond donors (Lipinski definition) is 1. The van der Waals surface area contributed by atoms with Crippen molar-refractivity contribution in [1.29, 1.82) is 0 Å². The molecule has 0 unspecified atom stereocenters. The van der Waals surface area contributed by atoms with Gasteiger partial charge in [-0.1, -0.05) is 6.07 Å². The number of aromatic nitrogens is 6. The zero-order chi connectivity index (χ0) is 22.9. The van der Waals surface area contributed by atoms with E-state index in [0.29, 0.717) is 0 Å². The summed E-state index contributed by atoms with van der Waals surface area (Å²) in [5, 5.41) is 2.61. The minimum atomic E-state index is -4.68. The summed E-state index contributed by atoms with van der Waals surface area (Å²) >= 11 is 0. The first-order valence-corrected chi connectivity index (χ1v) is 8.84. The molecule has 7 nitrogen and oxygen atoms in total. The van der Waals surface area contributed by atoms with Gasteiger partial charge in [0, 0.05) is 24.3 Å². The average molecular weight is 451 g/mol. The van der Waals surface area contributed by atoms with Crippen molar-refractivity contribution in [2.45, 2.75) is 12.4 Å². The van der Waals surface area contributed by atoms with Crippen molar-refractivity contribution in [3.8, 4) is 17.5 Å². The van der Waals surface area contributed by atoms with Gasteiger partial charge in [-0.05, 0) is 36.4 Å². The third kappa shape index (κ3) is 4.66. The first-order chi connectivity index (χ1) is 15.1. The van der Waals surface area contributed by atoms with Crippen LogP contribution >= 0.6 is 0 Å². The molecule has 0 saturated heterocycles. The molecule has 0 aliphatic rings. The molecule has 13 heteroatoms. The lowest BCUT2D eigenvalue weighted by molar-refractivity contribution is -0.141. The van der Waals surface area contributed by atoms with E-state index in [9.17, 15) is 26.3 Å². The molecule has 4 rings (SSSR count). The molecule has 0 saturated carbocycles. The predicted octanol–water partition coefficient (Wildman–Crippen LogP) is 4.90. The van der Waals surface area contributed by atoms with Crippen molar-refractivity contribution < 1.29 is 26.3 Å². The number of nitrogens with one attached hydrogen (secondary N) is 1. The summed E-state index contributed by atoms with van der Waals surface area (Å²) in [5.74, 6) is -0.383. The summed E-state index contributed by atoms with van der Waals surface area (Å²) in [4.78, 5) is 19.2. The molecule has 4 aromatic rings. The molecule has 0 fully saturated rings. The standard InChI is InChI=1S/C19H11F6N7/c20-18(21,22)13-5-3-4-12(28-13)15-29-16(31-17(30-15)32-8-1-2-9-32)27-11-6-7-26-14(10-11)19(23,24)25/h1-10H,(H,26,27,29,30,31). The summed E-state index contributed by atoms with van der Waals surface area (Å²) in [6.07, 6.45) is -5.24. The average Bonchev–Trinajstić information content (AvgIpc) is 3.28. The molecule has 0 radical (unpaired) electrons. The highest BCUT2D eigenvalue weighted by Gasteiger charge is 2.33. The SMILES string of the molecule is FC(F)(F)c1cc(Nc2nc(-c3cccc(C(F)(F)F)n3)nc(-n3cccc3)n2)ccn1. The zero-order valence-corrected chi connectivity index (χ0v) is 15.7. The maximum atomic E-state index is 13.1. The second-order valence-corrected chi connectivity index (χ2v) is 6.33. The van der Waals surface area contributed by atoms with Gasteiger partial charge in [0.2, 0.25) is 11.9 Å². The minimum absolute atomic E-state index is 0.0202. The van der Waals surface area contributed by atoms with Gasteiger partial charge in [-0.3, -0.25) is 9.55 Å². The first kappa shape index (κ1) is 21.2. The number of hydrogen-bond acceptors (Lipinski definition) is 6. The van der Waals surface area contributed by atoms with Crippen LogP contribution in [0.25, 0.3) is 17.5 Å². The van der Waals surface area contributed by atoms with Crippen LogP contribution in [0.2, 0.25) is 0 Å². The number of alkyl halides is 6. The maximum absolute atomic E-state index is 13.1. The molecule has 0 bridgehead atoms. The Kier molecular flexibility index (Phi) is 5.24. The van der Waals surface area contributed by atoms with Crippen LogP contribution in [-0.4, -0.2) is 29.5 Å². The van der Waals surface area contributed by atoms with Crippen LogP contribution in [0, 0.1) is 0 Å². The smallest absolute Gasteiger partial charge is 0.324 e. The summed E-state index contributed by atoms with van der Waals surface area (Å²) in [6, 6.07) is 8.57. The van der Waals surface area contributed by atoms with Crippen LogP contribution in [0.5, 0.6) is 0 Å². The summed E-state index contributed by atoms with van der Waals surface area (Å²) in [5.41, 5.74) is -2.50. The van der Waals surface area contributed by atoms with Gasteiger partial charge < -0.3 is 5.32 Å². The van der Waals surface area contributed by atoms with E-state index in [2.05, 4.69) is 30.2 Å². The number of nitrogens with zero attached hydrogens (tertiary/aromatic N) is 6. The summed E-state index contributed by atoms with van der Waals surface area (Å²) in [6.45, 7) is 0. The van der Waals surface area contributed by atoms with Gasteiger partial charge in [-0.25, -0.2) is 4.98 Å². The Hall–Kier alpha value is -4.03. The van der Waals surface area contributed by atoms with Crippen LogP contribution < -0.4 is 5.32 Å². The Morgan fingerprint density at radius 3 is 2.16 bits per heavy atom. The van der Waals surface area contributed by atoms with E-state index in [0.717, 1.165) is 24.4 Å². The number of anilines is 2. The van der Waals surface area contributed by atoms with Crippen molar-refractivity contribution in [1.82, 2.24) is 29.5 Å². The highest BCUT2D eigenvalue weighted by atomic mass is 19.4. The van der Waals surface area contributed by atoms with Gasteiger partial charge in [0.05, 0.1) is 0 Å². The molecule has 164 valence electrons. The fourth-order valence-electron chi connectivity index (χ4n) is 2.63. The molecule has 32 heavy (non-hydrogen) atoms. The highest BCUT2D eigenvalue weighted by molar-refractivity contribution is 5.58. The van der Waals surface area contributed by atoms with E-state index in [-0.39, 0.29) is 29.1 Å². The molecule has 1 N–H and O–H groups in total. The largest absolute Gasteiger partial charge is 0.433 e. The number of pyridine rings is 2. The van der Waals surface area contributed by atoms with Crippen molar-refractivity contribution in [3.05, 3.63) is 72.4 Å². The fraction of sp³-hybridized carbons (Fsp3) is 0.105. The Morgan fingerprint density at radius 1 is 0.750 bits per heavy atom. The Morgan fingerprint density at radius 2 is 1.47 bits per heavy atom. The van der Waals surface area contributed by atoms with E-state index in [1.54, 1.807) is 24.5 Å². The van der Waals surface area contributed by atoms with Crippen molar-refractivity contribution in [3.63, 3.8) is 0 Å². The third-order valence-corrected chi connectivity index (χ3v) is 4.03. The molecule has 0 aromatic carbocycles. The third-order valence-electron chi connectivity index (χ3n) is 4.03. The first-order valence-electron chi connectivity index (χ1n) is 8.84. The number of halogens is 6. The normalized spacial score (nSPS) is 12.1. The lowest BCUT2D eigenvalue weighted by Gasteiger charge is -2.12. The quantitative estimate of drug-likeness (QED) is 0.445. The predicted molar refractivity (Wildman–Crippen MR) is 99.9 cm³/mol. The molecular weight excluding hydrogens is 440 g/mol. The molecular formula is C19H11F6N7. The van der Waals surface area contributed by atoms with Crippen molar-refractivity contribution >= 4 is 11.6 Å². The molecule has 0 atom stereocenters. The lowest BCUT2D eigenvalue weighted by Crippen LogP contribution is -2.11. The van der Waals surface area contributed by atoms with Crippen LogP contribution in [0.4, 0.5) is 38.0 Å². The fourth-order valence-corrected chi connectivity index (χ4v) is 2.63. The van der Waals surface area contributed by atoms with Crippen molar-refractivity contribution in [2.24, 2.45) is 0 Å². The van der Waals surface area contributed by atoms with Gasteiger partial charge in [0.1, 0.15) is 17.1 Å². The Labute approximate surface area is 175 Å². The van der Waals surface area contributed by atoms with Gasteiger partial charge in [0.15, 0.2) is 5.82 Å². The highest BCUT2D eigenvalue weighted by Crippen LogP contribution is 2.30. The van der Waals surface area contributed by atoms with E-state index in [1.165, 1.54) is 16.7 Å². The van der Waals surface area contributed by atoms with Crippen LogP contribution in [0.1, 0.15) is 11.4 Å². The number of rotatable bonds is 4. The summed E-state index contributed by atoms with van der Waals surface area (Å²) in [7, 11) is 0. The van der Waals surface area contributed by atoms with E-state index in [4.69, 9.17) is 0 Å². The molecule has 0 amide bonds. The molecule has 0 aliphatic heterocycles. The topological polar surface area (TPSA) is 81.4 Å². The maximum Gasteiger partial charge on any atom is 0.433 e.